The molecule has 5 saturated heterocycles. The van der Waals surface area contributed by atoms with Crippen LogP contribution in [0.25, 0.3) is 0 Å². The Labute approximate surface area is 494 Å². The predicted molar refractivity (Wildman–Crippen MR) is 288 cm³/mol. The molecular weight excluding hydrogens is 1120 g/mol. The van der Waals surface area contributed by atoms with Gasteiger partial charge in [0.25, 0.3) is 0 Å². The second-order valence-electron chi connectivity index (χ2n) is 28.7. The maximum atomic E-state index is 15.7. The minimum absolute atomic E-state index is 0.0660. The fourth-order valence-corrected chi connectivity index (χ4v) is 17.8. The maximum absolute atomic E-state index is 15.7. The van der Waals surface area contributed by atoms with Gasteiger partial charge in [-0.25, -0.2) is 0 Å². The van der Waals surface area contributed by atoms with Gasteiger partial charge in [0.05, 0.1) is 43.5 Å². The van der Waals surface area contributed by atoms with Gasteiger partial charge in [0.2, 0.25) is 6.29 Å². The van der Waals surface area contributed by atoms with Crippen molar-refractivity contribution in [1.29, 1.82) is 0 Å². The van der Waals surface area contributed by atoms with E-state index in [1.807, 2.05) is 6.92 Å². The third-order valence-electron chi connectivity index (χ3n) is 23.5. The molecule has 10 aliphatic rings. The summed E-state index contributed by atoms with van der Waals surface area (Å²) in [5.74, 6) is -1.18. The molecule has 0 spiro atoms. The molecule has 5 aliphatic heterocycles. The third-order valence-corrected chi connectivity index (χ3v) is 23.5. The summed E-state index contributed by atoms with van der Waals surface area (Å²) in [6.07, 6.45) is -35.1. The Morgan fingerprint density at radius 3 is 1.75 bits per heavy atom. The van der Waals surface area contributed by atoms with Gasteiger partial charge in [-0.05, 0) is 117 Å². The smallest absolute Gasteiger partial charge is 0.315 e. The monoisotopic (exact) mass is 1220 g/mol. The summed E-state index contributed by atoms with van der Waals surface area (Å²) in [6.45, 7) is 14.7. The molecule has 34 atom stereocenters. The van der Waals surface area contributed by atoms with E-state index in [0.717, 1.165) is 12.0 Å². The second-order valence-corrected chi connectivity index (χ2v) is 28.7. The lowest BCUT2D eigenvalue weighted by Gasteiger charge is -2.71. The Bertz CT molecular complexity index is 2390. The summed E-state index contributed by atoms with van der Waals surface area (Å²) in [7, 11) is 0. The van der Waals surface area contributed by atoms with Gasteiger partial charge in [0.15, 0.2) is 25.0 Å². The van der Waals surface area contributed by atoms with Crippen LogP contribution in [0.5, 0.6) is 0 Å². The van der Waals surface area contributed by atoms with Crippen molar-refractivity contribution in [3.05, 3.63) is 11.6 Å². The summed E-state index contributed by atoms with van der Waals surface area (Å²) in [5.41, 5.74) is -2.45. The molecule has 16 N–H and O–H groups in total. The summed E-state index contributed by atoms with van der Waals surface area (Å²) >= 11 is 0. The minimum atomic E-state index is -2.13. The van der Waals surface area contributed by atoms with Crippen molar-refractivity contribution < 1.29 is 129 Å². The number of hydrogen-bond donors (Lipinski definition) is 16. The lowest BCUT2D eigenvalue weighted by molar-refractivity contribution is -0.369. The van der Waals surface area contributed by atoms with E-state index in [-0.39, 0.29) is 41.3 Å². The highest BCUT2D eigenvalue weighted by Gasteiger charge is 2.71. The first-order valence-electron chi connectivity index (χ1n) is 30.6. The predicted octanol–water partition coefficient (Wildman–Crippen LogP) is -3.16. The van der Waals surface area contributed by atoms with Crippen LogP contribution >= 0.6 is 0 Å². The van der Waals surface area contributed by atoms with E-state index in [1.54, 1.807) is 0 Å². The zero-order valence-corrected chi connectivity index (χ0v) is 49.8. The van der Waals surface area contributed by atoms with Crippen molar-refractivity contribution in [3.8, 4) is 0 Å². The highest BCUT2D eigenvalue weighted by molar-refractivity contribution is 5.79. The largest absolute Gasteiger partial charge is 0.432 e. The van der Waals surface area contributed by atoms with E-state index in [9.17, 15) is 81.7 Å². The highest BCUT2D eigenvalue weighted by atomic mass is 16.8. The standard InChI is InChI=1S/C59H96O26/c1-23-32(63)36(67)42(73)49(78-23)83-47-34(65)27(62)21-77-51(47)81-31-12-13-55(5)29(56(31,6)22-61)11-14-58(8)30(55)10-9-25-26-19-54(3,4)15-17-59(26,18-16-57(25,58)7)53(76)85-52-48(84-50-43(74)37(68)33(64)24(2)79-50)41(72)40(71)46(82-52)44(75)45-39(70)38(69)35(66)28(20-60)80-45/h9,23-24,26-52,60-75H,10-22H2,1-8H3/t23-,24-,26-,27-,28+,29+,30+,31-,32-,33-,34-,35+,36+,37+,38-,39+,40-,41-,42+,43+,44?,45+,46-,47+,48+,49-,50-,51-,52-,55-,56-,57+,58+,59-/m0/s1. The molecular formula is C59H96O26. The number of rotatable bonds is 12. The molecule has 4 saturated carbocycles. The Morgan fingerprint density at radius 1 is 0.588 bits per heavy atom. The van der Waals surface area contributed by atoms with E-state index in [0.29, 0.717) is 57.8 Å². The molecule has 0 bridgehead atoms. The molecule has 1 unspecified atom stereocenters. The Kier molecular flexibility index (Phi) is 18.7. The topological polar surface area (TPSA) is 424 Å². The van der Waals surface area contributed by atoms with Crippen molar-refractivity contribution in [2.45, 2.75) is 279 Å². The molecule has 0 aromatic carbocycles. The van der Waals surface area contributed by atoms with Crippen LogP contribution in [0.1, 0.15) is 120 Å². The van der Waals surface area contributed by atoms with Crippen LogP contribution in [0.15, 0.2) is 11.6 Å². The Morgan fingerprint density at radius 2 is 1.15 bits per heavy atom. The molecule has 5 aliphatic carbocycles. The zero-order valence-electron chi connectivity index (χ0n) is 49.8. The van der Waals surface area contributed by atoms with E-state index < -0.39 is 194 Å². The Hall–Kier alpha value is -1.75. The normalized spacial score (nSPS) is 55.6. The molecule has 488 valence electrons. The quantitative estimate of drug-likeness (QED) is 0.0521. The fourth-order valence-electron chi connectivity index (χ4n) is 17.8. The average molecular weight is 1220 g/mol. The molecule has 26 heteroatoms. The van der Waals surface area contributed by atoms with Gasteiger partial charge in [0.1, 0.15) is 110 Å². The molecule has 10 rings (SSSR count). The van der Waals surface area contributed by atoms with Crippen LogP contribution in [0.4, 0.5) is 0 Å². The molecule has 85 heavy (non-hydrogen) atoms. The second kappa shape index (κ2) is 24.1. The molecule has 0 aromatic heterocycles. The van der Waals surface area contributed by atoms with E-state index in [4.69, 9.17) is 42.6 Å². The van der Waals surface area contributed by atoms with Crippen LogP contribution < -0.4 is 0 Å². The molecule has 0 radical (unpaired) electrons. The summed E-state index contributed by atoms with van der Waals surface area (Å²) in [4.78, 5) is 15.7. The van der Waals surface area contributed by atoms with Crippen LogP contribution in [0.3, 0.4) is 0 Å². The first kappa shape index (κ1) is 66.2. The highest BCUT2D eigenvalue weighted by Crippen LogP contribution is 2.76. The first-order chi connectivity index (χ1) is 39.7. The summed E-state index contributed by atoms with van der Waals surface area (Å²) < 4.78 is 54.6. The van der Waals surface area contributed by atoms with Crippen LogP contribution in [-0.2, 0) is 47.4 Å². The number of allylic oxidation sites excluding steroid dienone is 2. The fraction of sp³-hybridized carbons (Fsp3) is 0.949. The molecule has 0 amide bonds. The van der Waals surface area contributed by atoms with Gasteiger partial charge in [0, 0.05) is 5.41 Å². The van der Waals surface area contributed by atoms with Crippen LogP contribution in [0.2, 0.25) is 0 Å². The average Bonchev–Trinajstić information content (AvgIpc) is 0.697. The van der Waals surface area contributed by atoms with Gasteiger partial charge in [-0.2, -0.15) is 0 Å². The van der Waals surface area contributed by atoms with E-state index in [1.165, 1.54) is 13.8 Å². The van der Waals surface area contributed by atoms with Crippen molar-refractivity contribution in [2.24, 2.45) is 50.2 Å². The van der Waals surface area contributed by atoms with Gasteiger partial charge in [-0.1, -0.05) is 53.2 Å². The van der Waals surface area contributed by atoms with E-state index >= 15 is 4.79 Å². The minimum Gasteiger partial charge on any atom is -0.432 e. The summed E-state index contributed by atoms with van der Waals surface area (Å²) in [5, 5.41) is 175. The zero-order chi connectivity index (χ0) is 62.2. The maximum Gasteiger partial charge on any atom is 0.315 e. The van der Waals surface area contributed by atoms with Crippen molar-refractivity contribution in [2.75, 3.05) is 19.8 Å². The molecule has 9 fully saturated rings. The van der Waals surface area contributed by atoms with Gasteiger partial charge in [-0.3, -0.25) is 4.79 Å². The summed E-state index contributed by atoms with van der Waals surface area (Å²) in [6, 6.07) is 0. The van der Waals surface area contributed by atoms with E-state index in [2.05, 4.69) is 40.7 Å². The lowest BCUT2D eigenvalue weighted by atomic mass is 9.33. The van der Waals surface area contributed by atoms with Gasteiger partial charge >= 0.3 is 5.97 Å². The van der Waals surface area contributed by atoms with Gasteiger partial charge in [-0.15, -0.1) is 0 Å². The Balaban J connectivity index is 0.925. The number of esters is 1. The lowest BCUT2D eigenvalue weighted by Crippen LogP contribution is -2.69. The molecule has 0 aromatic rings. The SMILES string of the molecule is C[C@@H]1O[C@@H](O[C@H]2[C@H](O[C@H]3CC[C@@]4(C)[C@@H](CC[C@]5(C)[C@@H]4CC=C4[C@@H]6CC(C)(C)CC[C@]6(C(=O)O[C@@H]6O[C@H](C(O)[C@@H]7O[C@H](CO)[C@@H](O)[C@H](O)[C@H]7O)[C@@H](O)[C@H](O)[C@H]6O[C@@H]6O[C@@H](C)[C@H](O)[C@@H](O)[C@H]6O)CC[C@]45C)[C@]3(C)CO)OC[C@H](O)[C@@H]2O)[C@H](O)[C@H](O)[C@H]1O. The number of aliphatic hydroxyl groups is 16. The molecule has 5 heterocycles. The third kappa shape index (κ3) is 10.8. The number of carbonyl (C=O) groups is 1. The van der Waals surface area contributed by atoms with Crippen molar-refractivity contribution in [3.63, 3.8) is 0 Å². The van der Waals surface area contributed by atoms with Crippen molar-refractivity contribution >= 4 is 5.97 Å². The number of fused-ring (bicyclic) bond motifs is 7. The number of aliphatic hydroxyl groups excluding tert-OH is 16. The number of carbonyl (C=O) groups excluding carboxylic acids is 1. The first-order valence-corrected chi connectivity index (χ1v) is 30.6. The number of ether oxygens (including phenoxy) is 9. The van der Waals surface area contributed by atoms with Crippen LogP contribution in [-0.4, -0.2) is 267 Å². The van der Waals surface area contributed by atoms with Gasteiger partial charge < -0.3 is 124 Å². The number of hydrogen-bond acceptors (Lipinski definition) is 26. The van der Waals surface area contributed by atoms with Crippen molar-refractivity contribution in [1.82, 2.24) is 0 Å². The van der Waals surface area contributed by atoms with Crippen LogP contribution in [0, 0.1) is 50.2 Å². The molecule has 26 nitrogen and oxygen atoms in total.